The van der Waals surface area contributed by atoms with Gasteiger partial charge in [0.05, 0.1) is 6.10 Å². The van der Waals surface area contributed by atoms with Gasteiger partial charge in [0.1, 0.15) is 0 Å². The Labute approximate surface area is 119 Å². The molecule has 0 aliphatic carbocycles. The maximum Gasteiger partial charge on any atom is 0.278 e. The van der Waals surface area contributed by atoms with Crippen LogP contribution in [-0.4, -0.2) is 39.5 Å². The Morgan fingerprint density at radius 1 is 1.35 bits per heavy atom. The van der Waals surface area contributed by atoms with Gasteiger partial charge in [-0.15, -0.1) is 0 Å². The van der Waals surface area contributed by atoms with Crippen LogP contribution in [0, 0.1) is 5.82 Å². The molecule has 0 radical (unpaired) electrons. The molecule has 20 heavy (non-hydrogen) atoms. The SMILES string of the molecule is CC(C)Oc1ccc(CCNS(=O)(=O)N(C)C)cc1F. The minimum absolute atomic E-state index is 0.0951. The van der Waals surface area contributed by atoms with Crippen molar-refractivity contribution in [2.24, 2.45) is 0 Å². The van der Waals surface area contributed by atoms with Crippen LogP contribution in [0.5, 0.6) is 5.75 Å². The van der Waals surface area contributed by atoms with Crippen LogP contribution in [0.1, 0.15) is 19.4 Å². The third kappa shape index (κ3) is 5.07. The van der Waals surface area contributed by atoms with Gasteiger partial charge in [-0.1, -0.05) is 6.07 Å². The van der Waals surface area contributed by atoms with Crippen molar-refractivity contribution in [2.75, 3.05) is 20.6 Å². The number of ether oxygens (including phenoxy) is 1. The van der Waals surface area contributed by atoms with Crippen molar-refractivity contribution in [1.29, 1.82) is 0 Å². The Hall–Kier alpha value is -1.18. The number of halogens is 1. The maximum absolute atomic E-state index is 13.7. The first-order valence-electron chi connectivity index (χ1n) is 6.34. The predicted octanol–water partition coefficient (Wildman–Crippen LogP) is 1.55. The standard InChI is InChI=1S/C13H21FN2O3S/c1-10(2)19-13-6-5-11(9-12(13)14)7-8-15-20(17,18)16(3)4/h5-6,9-10,15H,7-8H2,1-4H3. The number of nitrogens with one attached hydrogen (secondary N) is 1. The zero-order valence-electron chi connectivity index (χ0n) is 12.2. The second-order valence-electron chi connectivity index (χ2n) is 4.86. The number of hydrogen-bond donors (Lipinski definition) is 1. The average Bonchev–Trinajstić information content (AvgIpc) is 2.31. The van der Waals surface area contributed by atoms with Crippen LogP contribution < -0.4 is 9.46 Å². The summed E-state index contributed by atoms with van der Waals surface area (Å²) in [6.45, 7) is 3.86. The maximum atomic E-state index is 13.7. The molecule has 0 atom stereocenters. The second-order valence-corrected chi connectivity index (χ2v) is 6.83. The van der Waals surface area contributed by atoms with Crippen LogP contribution in [0.4, 0.5) is 4.39 Å². The fourth-order valence-corrected chi connectivity index (χ4v) is 2.12. The van der Waals surface area contributed by atoms with Crippen molar-refractivity contribution in [3.05, 3.63) is 29.6 Å². The van der Waals surface area contributed by atoms with Crippen LogP contribution in [0.15, 0.2) is 18.2 Å². The smallest absolute Gasteiger partial charge is 0.278 e. The molecule has 1 N–H and O–H groups in total. The van der Waals surface area contributed by atoms with Crippen LogP contribution >= 0.6 is 0 Å². The highest BCUT2D eigenvalue weighted by Crippen LogP contribution is 2.19. The molecule has 0 saturated heterocycles. The lowest BCUT2D eigenvalue weighted by Crippen LogP contribution is -2.36. The molecule has 0 aromatic heterocycles. The lowest BCUT2D eigenvalue weighted by molar-refractivity contribution is 0.231. The molecule has 1 rings (SSSR count). The van der Waals surface area contributed by atoms with Gasteiger partial charge in [-0.2, -0.15) is 12.7 Å². The average molecular weight is 304 g/mol. The van der Waals surface area contributed by atoms with Crippen molar-refractivity contribution >= 4 is 10.2 Å². The van der Waals surface area contributed by atoms with Gasteiger partial charge in [-0.25, -0.2) is 9.11 Å². The molecule has 0 fully saturated rings. The normalized spacial score (nSPS) is 12.2. The second kappa shape index (κ2) is 7.01. The van der Waals surface area contributed by atoms with Gasteiger partial charge in [0.15, 0.2) is 11.6 Å². The molecule has 114 valence electrons. The van der Waals surface area contributed by atoms with E-state index in [1.54, 1.807) is 12.1 Å². The number of rotatable bonds is 7. The summed E-state index contributed by atoms with van der Waals surface area (Å²) in [6, 6.07) is 4.65. The molecule has 0 aliphatic rings. The van der Waals surface area contributed by atoms with Crippen LogP contribution in [0.3, 0.4) is 0 Å². The predicted molar refractivity (Wildman–Crippen MR) is 76.5 cm³/mol. The zero-order chi connectivity index (χ0) is 15.3. The van der Waals surface area contributed by atoms with E-state index in [-0.39, 0.29) is 18.4 Å². The van der Waals surface area contributed by atoms with E-state index in [2.05, 4.69) is 4.72 Å². The molecule has 0 bridgehead atoms. The first kappa shape index (κ1) is 16.9. The molecule has 0 spiro atoms. The van der Waals surface area contributed by atoms with Gasteiger partial charge >= 0.3 is 0 Å². The molecular formula is C13H21FN2O3S. The third-order valence-corrected chi connectivity index (χ3v) is 4.07. The summed E-state index contributed by atoms with van der Waals surface area (Å²) in [5.74, 6) is -0.232. The fourth-order valence-electron chi connectivity index (χ4n) is 1.50. The van der Waals surface area contributed by atoms with Gasteiger partial charge < -0.3 is 4.74 Å². The van der Waals surface area contributed by atoms with Crippen molar-refractivity contribution in [1.82, 2.24) is 9.03 Å². The molecule has 1 aromatic rings. The van der Waals surface area contributed by atoms with Crippen molar-refractivity contribution in [3.63, 3.8) is 0 Å². The third-order valence-electron chi connectivity index (χ3n) is 2.54. The molecule has 0 saturated carbocycles. The van der Waals surface area contributed by atoms with E-state index in [4.69, 9.17) is 4.74 Å². The highest BCUT2D eigenvalue weighted by atomic mass is 32.2. The van der Waals surface area contributed by atoms with E-state index >= 15 is 0 Å². The van der Waals surface area contributed by atoms with Gasteiger partial charge in [0.25, 0.3) is 10.2 Å². The molecular weight excluding hydrogens is 283 g/mol. The summed E-state index contributed by atoms with van der Waals surface area (Å²) < 4.78 is 45.5. The monoisotopic (exact) mass is 304 g/mol. The Bertz CT molecular complexity index is 545. The summed E-state index contributed by atoms with van der Waals surface area (Å²) in [4.78, 5) is 0. The van der Waals surface area contributed by atoms with Crippen LogP contribution in [-0.2, 0) is 16.6 Å². The van der Waals surface area contributed by atoms with Crippen LogP contribution in [0.2, 0.25) is 0 Å². The molecule has 0 amide bonds. The van der Waals surface area contributed by atoms with E-state index < -0.39 is 16.0 Å². The largest absolute Gasteiger partial charge is 0.488 e. The van der Waals surface area contributed by atoms with Crippen molar-refractivity contribution in [2.45, 2.75) is 26.4 Å². The topological polar surface area (TPSA) is 58.6 Å². The molecule has 1 aromatic carbocycles. The summed E-state index contributed by atoms with van der Waals surface area (Å²) in [6.07, 6.45) is 0.314. The molecule has 7 heteroatoms. The van der Waals surface area contributed by atoms with E-state index in [0.717, 1.165) is 4.31 Å². The van der Waals surface area contributed by atoms with Gasteiger partial charge in [-0.05, 0) is 38.0 Å². The highest BCUT2D eigenvalue weighted by molar-refractivity contribution is 7.87. The molecule has 0 aliphatic heterocycles. The van der Waals surface area contributed by atoms with Gasteiger partial charge in [0.2, 0.25) is 0 Å². The summed E-state index contributed by atoms with van der Waals surface area (Å²) in [5, 5.41) is 0. The number of benzene rings is 1. The molecule has 0 heterocycles. The van der Waals surface area contributed by atoms with Crippen molar-refractivity contribution in [3.8, 4) is 5.75 Å². The quantitative estimate of drug-likeness (QED) is 0.831. The van der Waals surface area contributed by atoms with Gasteiger partial charge in [-0.3, -0.25) is 0 Å². The Morgan fingerprint density at radius 3 is 2.50 bits per heavy atom. The first-order valence-corrected chi connectivity index (χ1v) is 7.78. The lowest BCUT2D eigenvalue weighted by atomic mass is 10.1. The minimum atomic E-state index is -3.44. The number of hydrogen-bond acceptors (Lipinski definition) is 3. The minimum Gasteiger partial charge on any atom is -0.488 e. The first-order chi connectivity index (χ1) is 9.22. The Kier molecular flexibility index (Phi) is 5.91. The molecule has 5 nitrogen and oxygen atoms in total. The highest BCUT2D eigenvalue weighted by Gasteiger charge is 2.12. The summed E-state index contributed by atoms with van der Waals surface area (Å²) >= 11 is 0. The number of nitrogens with zero attached hydrogens (tertiary/aromatic N) is 1. The lowest BCUT2D eigenvalue weighted by Gasteiger charge is -2.13. The van der Waals surface area contributed by atoms with E-state index in [0.29, 0.717) is 12.0 Å². The van der Waals surface area contributed by atoms with E-state index in [1.807, 2.05) is 13.8 Å². The fraction of sp³-hybridized carbons (Fsp3) is 0.538. The van der Waals surface area contributed by atoms with E-state index in [9.17, 15) is 12.8 Å². The van der Waals surface area contributed by atoms with Gasteiger partial charge in [0, 0.05) is 20.6 Å². The summed E-state index contributed by atoms with van der Waals surface area (Å²) in [5.41, 5.74) is 0.708. The molecule has 0 unspecified atom stereocenters. The van der Waals surface area contributed by atoms with E-state index in [1.165, 1.54) is 20.2 Å². The van der Waals surface area contributed by atoms with Crippen LogP contribution in [0.25, 0.3) is 0 Å². The zero-order valence-corrected chi connectivity index (χ0v) is 13.0. The Balaban J connectivity index is 2.60. The van der Waals surface area contributed by atoms with Crippen molar-refractivity contribution < 1.29 is 17.5 Å². The Morgan fingerprint density at radius 2 is 2.00 bits per heavy atom. The summed E-state index contributed by atoms with van der Waals surface area (Å²) in [7, 11) is -0.549.